The summed E-state index contributed by atoms with van der Waals surface area (Å²) in [6.07, 6.45) is -0.654. The Labute approximate surface area is 163 Å². The van der Waals surface area contributed by atoms with Crippen LogP contribution >= 0.6 is 11.6 Å². The van der Waals surface area contributed by atoms with Gasteiger partial charge in [0.05, 0.1) is 23.8 Å². The van der Waals surface area contributed by atoms with Crippen molar-refractivity contribution in [2.75, 3.05) is 32.8 Å². The van der Waals surface area contributed by atoms with Gasteiger partial charge in [0, 0.05) is 31.7 Å². The van der Waals surface area contributed by atoms with Gasteiger partial charge in [0.1, 0.15) is 23.1 Å². The lowest BCUT2D eigenvalue weighted by atomic mass is 10.0. The molecule has 2 aliphatic heterocycles. The van der Waals surface area contributed by atoms with Gasteiger partial charge in [-0.05, 0) is 26.8 Å². The zero-order valence-electron chi connectivity index (χ0n) is 15.7. The number of nitriles is 1. The van der Waals surface area contributed by atoms with E-state index in [2.05, 4.69) is 4.90 Å². The number of hydrogen-bond donors (Lipinski definition) is 0. The number of piperazine rings is 1. The van der Waals surface area contributed by atoms with Crippen LogP contribution < -0.4 is 0 Å². The quantitative estimate of drug-likeness (QED) is 0.729. The van der Waals surface area contributed by atoms with E-state index in [0.29, 0.717) is 38.3 Å². The van der Waals surface area contributed by atoms with Crippen LogP contribution in [0.25, 0.3) is 0 Å². The molecule has 0 radical (unpaired) electrons. The highest BCUT2D eigenvalue weighted by molar-refractivity contribution is 6.32. The number of carbonyl (C=O) groups excluding carboxylic acids is 1. The third-order valence-electron chi connectivity index (χ3n) is 4.73. The summed E-state index contributed by atoms with van der Waals surface area (Å²) in [4.78, 5) is 16.2. The maximum absolute atomic E-state index is 13.7. The van der Waals surface area contributed by atoms with E-state index in [0.717, 1.165) is 0 Å². The molecule has 0 bridgehead atoms. The van der Waals surface area contributed by atoms with Crippen LogP contribution in [0.4, 0.5) is 9.18 Å². The van der Waals surface area contributed by atoms with Crippen LogP contribution in [0.3, 0.4) is 0 Å². The van der Waals surface area contributed by atoms with Crippen molar-refractivity contribution in [3.05, 3.63) is 34.1 Å². The van der Waals surface area contributed by atoms with Crippen molar-refractivity contribution in [2.45, 2.75) is 38.5 Å². The largest absolute Gasteiger partial charge is 0.444 e. The number of nitrogens with zero attached hydrogens (tertiary/aromatic N) is 3. The second-order valence-corrected chi connectivity index (χ2v) is 8.21. The van der Waals surface area contributed by atoms with Crippen molar-refractivity contribution >= 4 is 17.7 Å². The molecule has 2 heterocycles. The van der Waals surface area contributed by atoms with Crippen LogP contribution in [0.5, 0.6) is 0 Å². The summed E-state index contributed by atoms with van der Waals surface area (Å²) in [6, 6.07) is 4.68. The van der Waals surface area contributed by atoms with Crippen molar-refractivity contribution in [3.63, 3.8) is 0 Å². The monoisotopic (exact) mass is 395 g/mol. The van der Waals surface area contributed by atoms with E-state index in [1.807, 2.05) is 20.8 Å². The SMILES string of the molecule is CC(C)(C)OC(=O)N1CCN2C[C@H](c3ccc(F)c(C#N)c3Cl)OC[C@@H]2C1. The highest BCUT2D eigenvalue weighted by Gasteiger charge is 2.37. The third kappa shape index (κ3) is 4.34. The van der Waals surface area contributed by atoms with Crippen molar-refractivity contribution < 1.29 is 18.7 Å². The fraction of sp³-hybridized carbons (Fsp3) is 0.579. The van der Waals surface area contributed by atoms with Gasteiger partial charge in [0.15, 0.2) is 0 Å². The molecule has 0 spiro atoms. The second-order valence-electron chi connectivity index (χ2n) is 7.83. The standard InChI is InChI=1S/C19H23ClFN3O3/c1-19(2,3)27-18(25)24-7-6-23-10-16(26-11-12(23)9-24)13-4-5-15(21)14(8-22)17(13)20/h4-5,12,16H,6-7,9-11H2,1-3H3/t12-,16+/m0/s1. The lowest BCUT2D eigenvalue weighted by Gasteiger charge is -2.46. The zero-order valence-corrected chi connectivity index (χ0v) is 16.4. The predicted octanol–water partition coefficient (Wildman–Crippen LogP) is 3.34. The molecule has 0 saturated carbocycles. The topological polar surface area (TPSA) is 65.8 Å². The minimum absolute atomic E-state index is 0.0668. The molecule has 146 valence electrons. The molecule has 1 aromatic carbocycles. The van der Waals surface area contributed by atoms with Crippen molar-refractivity contribution in [1.29, 1.82) is 5.26 Å². The van der Waals surface area contributed by atoms with Crippen LogP contribution in [0.15, 0.2) is 12.1 Å². The minimum atomic E-state index is -0.633. The number of fused-ring (bicyclic) bond motifs is 1. The Kier molecular flexibility index (Phi) is 5.61. The van der Waals surface area contributed by atoms with Gasteiger partial charge in [-0.3, -0.25) is 4.90 Å². The van der Waals surface area contributed by atoms with Gasteiger partial charge in [0.2, 0.25) is 0 Å². The molecule has 0 aromatic heterocycles. The summed E-state index contributed by atoms with van der Waals surface area (Å²) in [6.45, 7) is 8.31. The molecule has 1 amide bonds. The van der Waals surface area contributed by atoms with Crippen molar-refractivity contribution in [1.82, 2.24) is 9.80 Å². The normalized spacial score (nSPS) is 23.5. The number of morpholine rings is 1. The molecule has 8 heteroatoms. The first-order chi connectivity index (χ1) is 12.7. The first-order valence-corrected chi connectivity index (χ1v) is 9.29. The van der Waals surface area contributed by atoms with Crippen LogP contribution in [0.2, 0.25) is 5.02 Å². The van der Waals surface area contributed by atoms with E-state index in [1.165, 1.54) is 6.07 Å². The number of amides is 1. The lowest BCUT2D eigenvalue weighted by Crippen LogP contribution is -2.60. The number of hydrogen-bond acceptors (Lipinski definition) is 5. The summed E-state index contributed by atoms with van der Waals surface area (Å²) in [5.74, 6) is -0.633. The number of carbonyl (C=O) groups is 1. The van der Waals surface area contributed by atoms with Gasteiger partial charge < -0.3 is 14.4 Å². The van der Waals surface area contributed by atoms with Crippen LogP contribution in [-0.2, 0) is 9.47 Å². The molecule has 2 atom stereocenters. The molecular formula is C19H23ClFN3O3. The van der Waals surface area contributed by atoms with E-state index < -0.39 is 11.4 Å². The molecule has 6 nitrogen and oxygen atoms in total. The van der Waals surface area contributed by atoms with E-state index in [9.17, 15) is 9.18 Å². The van der Waals surface area contributed by atoms with E-state index >= 15 is 0 Å². The summed E-state index contributed by atoms with van der Waals surface area (Å²) < 4.78 is 25.1. The Morgan fingerprint density at radius 1 is 1.37 bits per heavy atom. The average Bonchev–Trinajstić information content (AvgIpc) is 2.60. The Hall–Kier alpha value is -1.88. The smallest absolute Gasteiger partial charge is 0.410 e. The lowest BCUT2D eigenvalue weighted by molar-refractivity contribution is -0.0906. The molecule has 27 heavy (non-hydrogen) atoms. The number of rotatable bonds is 1. The molecule has 2 aliphatic rings. The zero-order chi connectivity index (χ0) is 19.8. The third-order valence-corrected chi connectivity index (χ3v) is 5.13. The molecule has 0 N–H and O–H groups in total. The first kappa shape index (κ1) is 19.9. The maximum Gasteiger partial charge on any atom is 0.410 e. The number of ether oxygens (including phenoxy) is 2. The van der Waals surface area contributed by atoms with Gasteiger partial charge in [0.25, 0.3) is 0 Å². The Balaban J connectivity index is 1.67. The minimum Gasteiger partial charge on any atom is -0.444 e. The Morgan fingerprint density at radius 3 is 2.78 bits per heavy atom. The summed E-state index contributed by atoms with van der Waals surface area (Å²) in [5.41, 5.74) is -0.0718. The molecule has 0 aliphatic carbocycles. The van der Waals surface area contributed by atoms with Gasteiger partial charge in [-0.1, -0.05) is 17.7 Å². The van der Waals surface area contributed by atoms with Crippen LogP contribution in [-0.4, -0.2) is 60.3 Å². The van der Waals surface area contributed by atoms with E-state index in [1.54, 1.807) is 17.0 Å². The van der Waals surface area contributed by atoms with Crippen LogP contribution in [0.1, 0.15) is 38.0 Å². The summed E-state index contributed by atoms with van der Waals surface area (Å²) in [5, 5.41) is 9.20. The first-order valence-electron chi connectivity index (χ1n) is 8.91. The van der Waals surface area contributed by atoms with E-state index in [-0.39, 0.29) is 28.8 Å². The molecule has 2 saturated heterocycles. The molecule has 0 unspecified atom stereocenters. The Morgan fingerprint density at radius 2 is 2.11 bits per heavy atom. The number of benzene rings is 1. The van der Waals surface area contributed by atoms with Gasteiger partial charge in [-0.2, -0.15) is 5.26 Å². The fourth-order valence-electron chi connectivity index (χ4n) is 3.38. The summed E-state index contributed by atoms with van der Waals surface area (Å²) in [7, 11) is 0. The average molecular weight is 396 g/mol. The molecule has 3 rings (SSSR count). The van der Waals surface area contributed by atoms with Gasteiger partial charge in [-0.15, -0.1) is 0 Å². The van der Waals surface area contributed by atoms with Gasteiger partial charge >= 0.3 is 6.09 Å². The van der Waals surface area contributed by atoms with Gasteiger partial charge in [-0.25, -0.2) is 9.18 Å². The number of halogens is 2. The van der Waals surface area contributed by atoms with Crippen molar-refractivity contribution in [2.24, 2.45) is 0 Å². The Bertz CT molecular complexity index is 775. The van der Waals surface area contributed by atoms with Crippen LogP contribution in [0, 0.1) is 17.1 Å². The fourth-order valence-corrected chi connectivity index (χ4v) is 3.70. The molecular weight excluding hydrogens is 373 g/mol. The van der Waals surface area contributed by atoms with E-state index in [4.69, 9.17) is 26.3 Å². The van der Waals surface area contributed by atoms with Crippen molar-refractivity contribution in [3.8, 4) is 6.07 Å². The highest BCUT2D eigenvalue weighted by Crippen LogP contribution is 2.34. The summed E-state index contributed by atoms with van der Waals surface area (Å²) >= 11 is 6.22. The second kappa shape index (κ2) is 7.63. The predicted molar refractivity (Wildman–Crippen MR) is 98.0 cm³/mol. The maximum atomic E-state index is 13.7. The highest BCUT2D eigenvalue weighted by atomic mass is 35.5. The molecule has 1 aromatic rings. The molecule has 2 fully saturated rings.